The second-order valence-corrected chi connectivity index (χ2v) is 3.87. The first-order chi connectivity index (χ1) is 5.75. The number of halogens is 1. The first kappa shape index (κ1) is 9.95. The van der Waals surface area contributed by atoms with Gasteiger partial charge in [-0.05, 0) is 47.2 Å². The molecule has 4 N–H and O–H groups in total. The summed E-state index contributed by atoms with van der Waals surface area (Å²) in [7, 11) is 0. The molecule has 0 unspecified atom stereocenters. The largest absolute Gasteiger partial charge is 0.330 e. The molecule has 66 valence electrons. The molecule has 0 aromatic heterocycles. The lowest BCUT2D eigenvalue weighted by molar-refractivity contribution is 0.658. The van der Waals surface area contributed by atoms with E-state index in [4.69, 9.17) is 11.5 Å². The highest BCUT2D eigenvalue weighted by Gasteiger charge is 2.06. The molecule has 1 rings (SSSR count). The maximum Gasteiger partial charge on any atom is 0.0317 e. The van der Waals surface area contributed by atoms with Crippen molar-refractivity contribution in [3.05, 3.63) is 33.4 Å². The van der Waals surface area contributed by atoms with Gasteiger partial charge in [-0.2, -0.15) is 0 Å². The maximum absolute atomic E-state index is 5.92. The van der Waals surface area contributed by atoms with Gasteiger partial charge in [0.1, 0.15) is 0 Å². The quantitative estimate of drug-likeness (QED) is 0.825. The lowest BCUT2D eigenvalue weighted by Crippen LogP contribution is -2.16. The molecular formula is C9H13IN2. The van der Waals surface area contributed by atoms with Crippen LogP contribution in [0.25, 0.3) is 0 Å². The Hall–Kier alpha value is -0.130. The molecule has 0 bridgehead atoms. The van der Waals surface area contributed by atoms with E-state index in [1.165, 1.54) is 9.13 Å². The minimum atomic E-state index is 0.0862. The smallest absolute Gasteiger partial charge is 0.0317 e. The van der Waals surface area contributed by atoms with E-state index in [1.54, 1.807) is 0 Å². The monoisotopic (exact) mass is 276 g/mol. The third kappa shape index (κ3) is 2.43. The topological polar surface area (TPSA) is 52.0 Å². The summed E-state index contributed by atoms with van der Waals surface area (Å²) >= 11 is 2.29. The van der Waals surface area contributed by atoms with Crippen LogP contribution in [0.1, 0.15) is 18.0 Å². The molecule has 0 saturated heterocycles. The standard InChI is InChI=1S/C9H13IN2/c10-8-4-2-1-3-7(8)9(12)5-6-11/h1-4,9H,5-6,11-12H2/t9-/m1/s1. The van der Waals surface area contributed by atoms with Crippen molar-refractivity contribution in [1.29, 1.82) is 0 Å². The van der Waals surface area contributed by atoms with Crippen LogP contribution in [0, 0.1) is 3.57 Å². The van der Waals surface area contributed by atoms with Crippen LogP contribution in [0.15, 0.2) is 24.3 Å². The second-order valence-electron chi connectivity index (χ2n) is 2.71. The van der Waals surface area contributed by atoms with Crippen LogP contribution < -0.4 is 11.5 Å². The SMILES string of the molecule is NCC[C@@H](N)c1ccccc1I. The van der Waals surface area contributed by atoms with Gasteiger partial charge in [0.05, 0.1) is 0 Å². The molecular weight excluding hydrogens is 263 g/mol. The summed E-state index contributed by atoms with van der Waals surface area (Å²) in [6.07, 6.45) is 0.847. The zero-order valence-corrected chi connectivity index (χ0v) is 8.99. The van der Waals surface area contributed by atoms with Gasteiger partial charge in [0.15, 0.2) is 0 Å². The molecule has 0 saturated carbocycles. The Balaban J connectivity index is 2.79. The zero-order chi connectivity index (χ0) is 8.97. The van der Waals surface area contributed by atoms with Crippen molar-refractivity contribution < 1.29 is 0 Å². The summed E-state index contributed by atoms with van der Waals surface area (Å²) in [5, 5.41) is 0. The predicted molar refractivity (Wildman–Crippen MR) is 59.8 cm³/mol. The fraction of sp³-hybridized carbons (Fsp3) is 0.333. The molecule has 0 spiro atoms. The predicted octanol–water partition coefficient (Wildman–Crippen LogP) is 1.64. The molecule has 1 atom stereocenters. The van der Waals surface area contributed by atoms with Crippen LogP contribution in [0.2, 0.25) is 0 Å². The third-order valence-electron chi connectivity index (χ3n) is 1.78. The lowest BCUT2D eigenvalue weighted by atomic mass is 10.1. The molecule has 3 heteroatoms. The van der Waals surface area contributed by atoms with Gasteiger partial charge in [0.25, 0.3) is 0 Å². The summed E-state index contributed by atoms with van der Waals surface area (Å²) < 4.78 is 1.22. The van der Waals surface area contributed by atoms with E-state index in [0.717, 1.165) is 6.42 Å². The Labute approximate surface area is 86.5 Å². The first-order valence-corrected chi connectivity index (χ1v) is 5.03. The van der Waals surface area contributed by atoms with E-state index in [-0.39, 0.29) is 6.04 Å². The van der Waals surface area contributed by atoms with Crippen molar-refractivity contribution >= 4 is 22.6 Å². The average Bonchev–Trinajstić information content (AvgIpc) is 2.05. The van der Waals surface area contributed by atoms with Gasteiger partial charge in [-0.25, -0.2) is 0 Å². The first-order valence-electron chi connectivity index (χ1n) is 3.95. The highest BCUT2D eigenvalue weighted by Crippen LogP contribution is 2.19. The van der Waals surface area contributed by atoms with Crippen LogP contribution in [0.3, 0.4) is 0 Å². The number of hydrogen-bond donors (Lipinski definition) is 2. The summed E-state index contributed by atoms with van der Waals surface area (Å²) in [6.45, 7) is 0.645. The molecule has 1 aromatic carbocycles. The molecule has 12 heavy (non-hydrogen) atoms. The lowest BCUT2D eigenvalue weighted by Gasteiger charge is -2.11. The fourth-order valence-corrected chi connectivity index (χ4v) is 1.90. The molecule has 0 radical (unpaired) electrons. The van der Waals surface area contributed by atoms with Gasteiger partial charge in [-0.1, -0.05) is 18.2 Å². The molecule has 0 fully saturated rings. The average molecular weight is 276 g/mol. The van der Waals surface area contributed by atoms with Crippen molar-refractivity contribution in [3.63, 3.8) is 0 Å². The Morgan fingerprint density at radius 2 is 2.00 bits per heavy atom. The molecule has 0 aliphatic rings. The number of benzene rings is 1. The van der Waals surface area contributed by atoms with Crippen LogP contribution in [0.5, 0.6) is 0 Å². The summed E-state index contributed by atoms with van der Waals surface area (Å²) in [5.74, 6) is 0. The molecule has 0 aliphatic carbocycles. The van der Waals surface area contributed by atoms with Crippen LogP contribution in [-0.4, -0.2) is 6.54 Å². The van der Waals surface area contributed by atoms with Crippen molar-refractivity contribution in [2.45, 2.75) is 12.5 Å². The van der Waals surface area contributed by atoms with E-state index in [2.05, 4.69) is 34.7 Å². The van der Waals surface area contributed by atoms with E-state index >= 15 is 0 Å². The van der Waals surface area contributed by atoms with Gasteiger partial charge >= 0.3 is 0 Å². The third-order valence-corrected chi connectivity index (χ3v) is 2.76. The molecule has 0 heterocycles. The van der Waals surface area contributed by atoms with Crippen LogP contribution in [0.4, 0.5) is 0 Å². The van der Waals surface area contributed by atoms with E-state index in [9.17, 15) is 0 Å². The Morgan fingerprint density at radius 3 is 2.58 bits per heavy atom. The summed E-state index contributed by atoms with van der Waals surface area (Å²) in [6, 6.07) is 8.23. The minimum absolute atomic E-state index is 0.0862. The maximum atomic E-state index is 5.92. The summed E-state index contributed by atoms with van der Waals surface area (Å²) in [4.78, 5) is 0. The van der Waals surface area contributed by atoms with E-state index in [1.807, 2.05) is 12.1 Å². The summed E-state index contributed by atoms with van der Waals surface area (Å²) in [5.41, 5.74) is 12.6. The van der Waals surface area contributed by atoms with E-state index < -0.39 is 0 Å². The van der Waals surface area contributed by atoms with Gasteiger partial charge in [0.2, 0.25) is 0 Å². The Bertz CT molecular complexity index is 250. The van der Waals surface area contributed by atoms with Crippen molar-refractivity contribution in [3.8, 4) is 0 Å². The highest BCUT2D eigenvalue weighted by molar-refractivity contribution is 14.1. The number of rotatable bonds is 3. The second kappa shape index (κ2) is 4.79. The van der Waals surface area contributed by atoms with Crippen molar-refractivity contribution in [2.24, 2.45) is 11.5 Å². The van der Waals surface area contributed by atoms with Gasteiger partial charge in [-0.3, -0.25) is 0 Å². The molecule has 2 nitrogen and oxygen atoms in total. The van der Waals surface area contributed by atoms with Crippen LogP contribution in [-0.2, 0) is 0 Å². The van der Waals surface area contributed by atoms with Crippen LogP contribution >= 0.6 is 22.6 Å². The van der Waals surface area contributed by atoms with Crippen molar-refractivity contribution in [2.75, 3.05) is 6.54 Å². The number of nitrogens with two attached hydrogens (primary N) is 2. The molecule has 1 aromatic rings. The number of hydrogen-bond acceptors (Lipinski definition) is 2. The van der Waals surface area contributed by atoms with Crippen molar-refractivity contribution in [1.82, 2.24) is 0 Å². The highest BCUT2D eigenvalue weighted by atomic mass is 127. The molecule has 0 aliphatic heterocycles. The van der Waals surface area contributed by atoms with Gasteiger partial charge in [-0.15, -0.1) is 0 Å². The van der Waals surface area contributed by atoms with E-state index in [0.29, 0.717) is 6.54 Å². The van der Waals surface area contributed by atoms with Gasteiger partial charge < -0.3 is 11.5 Å². The Kier molecular flexibility index (Phi) is 3.97. The molecule has 0 amide bonds. The fourth-order valence-electron chi connectivity index (χ4n) is 1.11. The van der Waals surface area contributed by atoms with Gasteiger partial charge in [0, 0.05) is 9.61 Å². The Morgan fingerprint density at radius 1 is 1.33 bits per heavy atom. The minimum Gasteiger partial charge on any atom is -0.330 e. The normalized spacial score (nSPS) is 12.9. The zero-order valence-electron chi connectivity index (χ0n) is 6.83.